The quantitative estimate of drug-likeness (QED) is 0.533. The molecule has 0 radical (unpaired) electrons. The van der Waals surface area contributed by atoms with Gasteiger partial charge in [-0.05, 0) is 72.5 Å². The van der Waals surface area contributed by atoms with Gasteiger partial charge in [-0.3, -0.25) is 9.59 Å². The predicted molar refractivity (Wildman–Crippen MR) is 117 cm³/mol. The third-order valence-electron chi connectivity index (χ3n) is 11.5. The largest absolute Gasteiger partial charge is 0.349 e. The second kappa shape index (κ2) is 6.65. The van der Waals surface area contributed by atoms with Crippen LogP contribution in [-0.4, -0.2) is 30.1 Å². The molecule has 0 aromatic rings. The van der Waals surface area contributed by atoms with Crippen LogP contribution < -0.4 is 0 Å². The van der Waals surface area contributed by atoms with Gasteiger partial charge in [0.05, 0.1) is 12.7 Å². The fourth-order valence-corrected chi connectivity index (χ4v) is 9.85. The molecule has 172 valence electrons. The Labute approximate surface area is 187 Å². The van der Waals surface area contributed by atoms with Gasteiger partial charge >= 0.3 is 0 Å². The van der Waals surface area contributed by atoms with Crippen LogP contribution in [0, 0.1) is 52.3 Å². The number of rotatable bonds is 0. The van der Waals surface area contributed by atoms with Crippen LogP contribution in [0.15, 0.2) is 0 Å². The van der Waals surface area contributed by atoms with Crippen molar-refractivity contribution in [2.75, 3.05) is 6.61 Å². The van der Waals surface area contributed by atoms with E-state index in [0.717, 1.165) is 25.9 Å². The van der Waals surface area contributed by atoms with Crippen LogP contribution in [0.4, 0.5) is 0 Å². The van der Waals surface area contributed by atoms with Crippen molar-refractivity contribution >= 4 is 11.6 Å². The van der Waals surface area contributed by atoms with Crippen LogP contribution in [-0.2, 0) is 19.1 Å². The van der Waals surface area contributed by atoms with Crippen LogP contribution >= 0.6 is 0 Å². The first-order valence-corrected chi connectivity index (χ1v) is 13.0. The number of Topliss-reactive ketones (excluding diaryl/α,β-unsaturated/α-hetero) is 2. The molecule has 0 amide bonds. The molecule has 4 aliphatic carbocycles. The normalized spacial score (nSPS) is 58.6. The van der Waals surface area contributed by atoms with Crippen molar-refractivity contribution < 1.29 is 19.1 Å². The van der Waals surface area contributed by atoms with E-state index in [4.69, 9.17) is 9.47 Å². The molecule has 6 rings (SSSR count). The number of hydrogen-bond donors (Lipinski definition) is 0. The van der Waals surface area contributed by atoms with Gasteiger partial charge in [0.1, 0.15) is 11.6 Å². The molecule has 4 nitrogen and oxygen atoms in total. The Bertz CT molecular complexity index is 797. The molecule has 31 heavy (non-hydrogen) atoms. The summed E-state index contributed by atoms with van der Waals surface area (Å²) in [6.45, 7) is 10.4. The zero-order chi connectivity index (χ0) is 21.8. The maximum atomic E-state index is 13.3. The van der Waals surface area contributed by atoms with Crippen LogP contribution in [0.1, 0.15) is 85.5 Å². The van der Waals surface area contributed by atoms with E-state index < -0.39 is 0 Å². The number of ether oxygens (including phenoxy) is 2. The lowest BCUT2D eigenvalue weighted by Crippen LogP contribution is -2.57. The highest BCUT2D eigenvalue weighted by Crippen LogP contribution is 2.70. The minimum absolute atomic E-state index is 0.0173. The maximum absolute atomic E-state index is 13.3. The van der Waals surface area contributed by atoms with Crippen molar-refractivity contribution in [3.05, 3.63) is 0 Å². The van der Waals surface area contributed by atoms with E-state index in [1.54, 1.807) is 0 Å². The van der Waals surface area contributed by atoms with Gasteiger partial charge in [0.15, 0.2) is 5.79 Å². The van der Waals surface area contributed by atoms with Crippen LogP contribution in [0.2, 0.25) is 0 Å². The van der Waals surface area contributed by atoms with Gasteiger partial charge in [-0.15, -0.1) is 0 Å². The second-order valence-corrected chi connectivity index (χ2v) is 12.9. The van der Waals surface area contributed by atoms with E-state index >= 15 is 0 Å². The monoisotopic (exact) mass is 428 g/mol. The molecule has 0 aromatic carbocycles. The first-order valence-electron chi connectivity index (χ1n) is 13.0. The molecule has 11 unspecified atom stereocenters. The molecule has 1 spiro atoms. The topological polar surface area (TPSA) is 52.6 Å². The maximum Gasteiger partial charge on any atom is 0.171 e. The fraction of sp³-hybridized carbons (Fsp3) is 0.926. The highest BCUT2D eigenvalue weighted by Gasteiger charge is 2.69. The Morgan fingerprint density at radius 2 is 1.74 bits per heavy atom. The first-order chi connectivity index (χ1) is 14.7. The SMILES string of the molecule is CC1CCC2(OC1)OC1CC3C4CC(=O)C5CC(=O)CCC5(C)C4CCC3(C)C1C2C. The van der Waals surface area contributed by atoms with Crippen molar-refractivity contribution in [1.29, 1.82) is 0 Å². The van der Waals surface area contributed by atoms with Crippen molar-refractivity contribution in [3.63, 3.8) is 0 Å². The molecule has 2 heterocycles. The number of carbonyl (C=O) groups excluding carboxylic acids is 2. The minimum atomic E-state index is -0.365. The van der Waals surface area contributed by atoms with E-state index in [-0.39, 0.29) is 28.6 Å². The number of carbonyl (C=O) groups is 2. The van der Waals surface area contributed by atoms with Gasteiger partial charge in [0.25, 0.3) is 0 Å². The van der Waals surface area contributed by atoms with Crippen molar-refractivity contribution in [2.45, 2.75) is 97.4 Å². The van der Waals surface area contributed by atoms with Gasteiger partial charge < -0.3 is 9.47 Å². The highest BCUT2D eigenvalue weighted by molar-refractivity contribution is 5.90. The van der Waals surface area contributed by atoms with Gasteiger partial charge in [-0.25, -0.2) is 0 Å². The molecule has 6 fully saturated rings. The molecular weight excluding hydrogens is 388 g/mol. The van der Waals surface area contributed by atoms with E-state index in [2.05, 4.69) is 27.7 Å². The van der Waals surface area contributed by atoms with Crippen molar-refractivity contribution in [3.8, 4) is 0 Å². The van der Waals surface area contributed by atoms with E-state index in [1.165, 1.54) is 19.3 Å². The summed E-state index contributed by atoms with van der Waals surface area (Å²) in [5.74, 6) is 3.54. The van der Waals surface area contributed by atoms with Crippen LogP contribution in [0.5, 0.6) is 0 Å². The summed E-state index contributed by atoms with van der Waals surface area (Å²) >= 11 is 0. The van der Waals surface area contributed by atoms with Crippen molar-refractivity contribution in [2.24, 2.45) is 52.3 Å². The smallest absolute Gasteiger partial charge is 0.171 e. The molecule has 0 aromatic heterocycles. The summed E-state index contributed by atoms with van der Waals surface area (Å²) < 4.78 is 13.3. The van der Waals surface area contributed by atoms with Gasteiger partial charge in [0, 0.05) is 37.5 Å². The van der Waals surface area contributed by atoms with Crippen LogP contribution in [0.3, 0.4) is 0 Å². The molecule has 11 atom stereocenters. The lowest BCUT2D eigenvalue weighted by Gasteiger charge is -2.59. The van der Waals surface area contributed by atoms with E-state index in [0.29, 0.717) is 66.3 Å². The predicted octanol–water partition coefficient (Wildman–Crippen LogP) is 5.18. The summed E-state index contributed by atoms with van der Waals surface area (Å²) in [4.78, 5) is 25.5. The number of fused-ring (bicyclic) bond motifs is 7. The van der Waals surface area contributed by atoms with Gasteiger partial charge in [-0.1, -0.05) is 27.7 Å². The van der Waals surface area contributed by atoms with Gasteiger partial charge in [0.2, 0.25) is 0 Å². The van der Waals surface area contributed by atoms with Crippen LogP contribution in [0.25, 0.3) is 0 Å². The molecule has 4 saturated carbocycles. The Hall–Kier alpha value is -0.740. The third kappa shape index (κ3) is 2.67. The molecule has 0 bridgehead atoms. The van der Waals surface area contributed by atoms with Gasteiger partial charge in [-0.2, -0.15) is 0 Å². The highest BCUT2D eigenvalue weighted by atomic mass is 16.7. The molecule has 0 N–H and O–H groups in total. The number of hydrogen-bond acceptors (Lipinski definition) is 4. The summed E-state index contributed by atoms with van der Waals surface area (Å²) in [7, 11) is 0. The second-order valence-electron chi connectivity index (χ2n) is 12.9. The molecule has 2 saturated heterocycles. The standard InChI is InChI=1S/C27H40O4/c1-15-5-10-27(30-14-15)16(2)24-23(31-27)13-20-18-12-22(29)21-11-17(28)6-8-25(21,3)19(18)7-9-26(20,24)4/h15-16,18-21,23-24H,5-14H2,1-4H3. The summed E-state index contributed by atoms with van der Waals surface area (Å²) in [5, 5.41) is 0. The number of ketones is 2. The Balaban J connectivity index is 1.29. The summed E-state index contributed by atoms with van der Waals surface area (Å²) in [6.07, 6.45) is 8.86. The van der Waals surface area contributed by atoms with E-state index in [1.807, 2.05) is 0 Å². The fourth-order valence-electron chi connectivity index (χ4n) is 9.85. The Morgan fingerprint density at radius 3 is 2.48 bits per heavy atom. The summed E-state index contributed by atoms with van der Waals surface area (Å²) in [6, 6.07) is 0. The zero-order valence-corrected chi connectivity index (χ0v) is 19.8. The first kappa shape index (κ1) is 20.8. The average Bonchev–Trinajstić information content (AvgIpc) is 3.17. The molecule has 2 aliphatic heterocycles. The minimum Gasteiger partial charge on any atom is -0.349 e. The van der Waals surface area contributed by atoms with Crippen molar-refractivity contribution in [1.82, 2.24) is 0 Å². The molecular formula is C27H40O4. The van der Waals surface area contributed by atoms with E-state index in [9.17, 15) is 9.59 Å². The molecule has 4 heteroatoms. The Morgan fingerprint density at radius 1 is 0.935 bits per heavy atom. The third-order valence-corrected chi connectivity index (χ3v) is 11.5. The lowest BCUT2D eigenvalue weighted by atomic mass is 9.44. The molecule has 6 aliphatic rings. The summed E-state index contributed by atoms with van der Waals surface area (Å²) in [5.41, 5.74) is 0.276. The zero-order valence-electron chi connectivity index (χ0n) is 19.8. The average molecular weight is 429 g/mol. The Kier molecular flexibility index (Phi) is 4.47. The lowest BCUT2D eigenvalue weighted by molar-refractivity contribution is -0.273.